The number of carbonyl (C=O) groups is 2. The van der Waals surface area contributed by atoms with Crippen LogP contribution < -0.4 is 10.6 Å². The number of anilines is 2. The van der Waals surface area contributed by atoms with Gasteiger partial charge >= 0.3 is 20.7 Å². The monoisotopic (exact) mass is 970 g/mol. The standard InChI is InChI=1S/C27H37N5O6Si.C19H21N5O6/c1-25(2,3)39(26(4,5)6)36-14-18-20(38-39)27(7,34)23(37-18)32-16-30-19-21(28-15-29-22(19)32)31-24(33)35-13-17-11-9-8-10-12-17;1-19(28)14(26)12(7-25)30-17(19)24-10-22-13-15(20-9-21-16(13)24)23-18(27)29-8-11-5-3-2-4-6-11/h8-12,15-16,18,20,23,34H,13-14H2,1-7H3,(H,28,29,31,33);2-6,9-10,12,14,17,25-26,28H,7-8H2,1H3,(H,20,21,23,27)/t18-,20?,23-,27+;12-,14?,17-,19+/m11/s1. The normalized spacial score (nSPS) is 26.5. The van der Waals surface area contributed by atoms with E-state index in [1.807, 2.05) is 60.7 Å². The molecule has 3 saturated heterocycles. The van der Waals surface area contributed by atoms with Crippen LogP contribution in [0, 0.1) is 0 Å². The van der Waals surface area contributed by atoms with Crippen molar-refractivity contribution in [2.45, 2.75) is 127 Å². The molecule has 0 bridgehead atoms. The summed E-state index contributed by atoms with van der Waals surface area (Å²) in [6.07, 6.45) is -1.22. The quantitative estimate of drug-likeness (QED) is 0.101. The SMILES string of the molecule is CC(C)(C)[Si]1(C(C)(C)C)OC[C@H]2O[C@@H](n3cnc4c(NC(=O)OCc5ccccc5)ncnc43)[C@@](C)(O)C2O1.C[C@]1(O)C(O)[C@@H](CO)O[C@H]1n1cnc2c(NC(=O)OCc3ccccc3)ncnc21. The summed E-state index contributed by atoms with van der Waals surface area (Å²) in [6, 6.07) is 18.6. The van der Waals surface area contributed by atoms with E-state index >= 15 is 0 Å². The first kappa shape index (κ1) is 49.4. The Hall–Kier alpha value is -6.02. The molecule has 2 aromatic carbocycles. The van der Waals surface area contributed by atoms with Gasteiger partial charge in [0.05, 0.1) is 25.9 Å². The van der Waals surface area contributed by atoms with Crippen LogP contribution in [0.1, 0.15) is 79.0 Å². The highest BCUT2D eigenvalue weighted by molar-refractivity contribution is 6.73. The van der Waals surface area contributed by atoms with E-state index in [1.54, 1.807) is 11.5 Å². The number of carbonyl (C=O) groups excluding carboxylic acids is 2. The number of hydrogen-bond donors (Lipinski definition) is 6. The molecule has 6 aromatic rings. The number of ether oxygens (including phenoxy) is 4. The highest BCUT2D eigenvalue weighted by atomic mass is 28.4. The second-order valence-electron chi connectivity index (χ2n) is 19.6. The Labute approximate surface area is 398 Å². The average molecular weight is 971 g/mol. The molecule has 3 fully saturated rings. The summed E-state index contributed by atoms with van der Waals surface area (Å²) in [5.41, 5.74) is -0.171. The molecule has 22 nitrogen and oxygen atoms in total. The van der Waals surface area contributed by atoms with Crippen LogP contribution in [0.4, 0.5) is 21.2 Å². The lowest BCUT2D eigenvalue weighted by Crippen LogP contribution is -2.66. The molecule has 8 atom stereocenters. The van der Waals surface area contributed by atoms with Crippen LogP contribution in [0.15, 0.2) is 86.0 Å². The van der Waals surface area contributed by atoms with E-state index in [4.69, 9.17) is 27.8 Å². The second kappa shape index (κ2) is 19.1. The number of nitrogens with zero attached hydrogens (tertiary/aromatic N) is 8. The van der Waals surface area contributed by atoms with Gasteiger partial charge in [0.15, 0.2) is 46.4 Å². The third kappa shape index (κ3) is 9.53. The third-order valence-electron chi connectivity index (χ3n) is 12.5. The molecular formula is C46H58N10O12Si. The highest BCUT2D eigenvalue weighted by Crippen LogP contribution is 2.57. The summed E-state index contributed by atoms with van der Waals surface area (Å²) in [4.78, 5) is 50.0. The molecule has 23 heteroatoms. The fraction of sp³-hybridized carbons (Fsp3) is 0.478. The molecule has 0 radical (unpaired) electrons. The van der Waals surface area contributed by atoms with Gasteiger partial charge in [-0.15, -0.1) is 0 Å². The predicted molar refractivity (Wildman–Crippen MR) is 249 cm³/mol. The van der Waals surface area contributed by atoms with Crippen LogP contribution in [0.2, 0.25) is 10.1 Å². The van der Waals surface area contributed by atoms with Gasteiger partial charge in [-0.3, -0.25) is 19.8 Å². The maximum atomic E-state index is 12.5. The van der Waals surface area contributed by atoms with Gasteiger partial charge in [-0.05, 0) is 25.0 Å². The van der Waals surface area contributed by atoms with Crippen molar-refractivity contribution in [3.63, 3.8) is 0 Å². The summed E-state index contributed by atoms with van der Waals surface area (Å²) in [6.45, 7) is 16.0. The average Bonchev–Trinajstić information content (AvgIpc) is 4.06. The van der Waals surface area contributed by atoms with Crippen LogP contribution in [-0.2, 0) is 41.0 Å². The number of hydrogen-bond acceptors (Lipinski definition) is 18. The highest BCUT2D eigenvalue weighted by Gasteiger charge is 2.67. The zero-order valence-corrected chi connectivity index (χ0v) is 40.5. The van der Waals surface area contributed by atoms with E-state index in [9.17, 15) is 30.0 Å². The molecule has 3 aliphatic rings. The topological polar surface area (TPSA) is 282 Å². The Morgan fingerprint density at radius 1 is 0.725 bits per heavy atom. The van der Waals surface area contributed by atoms with Gasteiger partial charge in [-0.25, -0.2) is 39.5 Å². The number of aromatic nitrogens is 8. The van der Waals surface area contributed by atoms with Crippen molar-refractivity contribution in [1.29, 1.82) is 0 Å². The number of nitrogens with one attached hydrogen (secondary N) is 2. The number of imidazole rings is 2. The molecule has 2 amide bonds. The maximum Gasteiger partial charge on any atom is 0.413 e. The van der Waals surface area contributed by atoms with Gasteiger partial charge in [0.2, 0.25) is 0 Å². The van der Waals surface area contributed by atoms with Crippen LogP contribution in [0.5, 0.6) is 0 Å². The Morgan fingerprint density at radius 2 is 1.19 bits per heavy atom. The van der Waals surface area contributed by atoms with Gasteiger partial charge in [0, 0.05) is 10.1 Å². The number of amides is 2. The minimum atomic E-state index is -2.84. The van der Waals surface area contributed by atoms with E-state index in [0.29, 0.717) is 17.8 Å². The molecule has 0 aliphatic carbocycles. The van der Waals surface area contributed by atoms with E-state index in [1.165, 1.54) is 36.8 Å². The fourth-order valence-corrected chi connectivity index (χ4v) is 14.3. The third-order valence-corrected chi connectivity index (χ3v) is 17.6. The zero-order chi connectivity index (χ0) is 49.5. The van der Waals surface area contributed by atoms with Crippen molar-refractivity contribution in [3.8, 4) is 0 Å². The lowest BCUT2D eigenvalue weighted by molar-refractivity contribution is -0.0951. The van der Waals surface area contributed by atoms with Gasteiger partial charge in [-0.1, -0.05) is 102 Å². The van der Waals surface area contributed by atoms with E-state index in [2.05, 4.69) is 82.1 Å². The predicted octanol–water partition coefficient (Wildman–Crippen LogP) is 5.26. The Bertz CT molecular complexity index is 2750. The van der Waals surface area contributed by atoms with E-state index in [0.717, 1.165) is 11.1 Å². The maximum absolute atomic E-state index is 12.5. The summed E-state index contributed by atoms with van der Waals surface area (Å²) in [5.74, 6) is 0.312. The van der Waals surface area contributed by atoms with E-state index in [-0.39, 0.29) is 46.1 Å². The second-order valence-corrected chi connectivity index (χ2v) is 24.3. The van der Waals surface area contributed by atoms with Crippen molar-refractivity contribution >= 4 is 54.7 Å². The van der Waals surface area contributed by atoms with Gasteiger partial charge in [0.1, 0.15) is 61.5 Å². The molecule has 2 unspecified atom stereocenters. The first-order chi connectivity index (χ1) is 32.7. The van der Waals surface area contributed by atoms with Crippen LogP contribution in [-0.4, -0.2) is 129 Å². The van der Waals surface area contributed by atoms with Crippen LogP contribution in [0.25, 0.3) is 22.3 Å². The summed E-state index contributed by atoms with van der Waals surface area (Å²) in [7, 11) is -2.84. The summed E-state index contributed by atoms with van der Waals surface area (Å²) < 4.78 is 38.9. The molecule has 3 aliphatic heterocycles. The number of aliphatic hydroxyl groups excluding tert-OH is 2. The lowest BCUT2D eigenvalue weighted by atomic mass is 9.96. The van der Waals surface area contributed by atoms with Crippen molar-refractivity contribution in [3.05, 3.63) is 97.1 Å². The fourth-order valence-electron chi connectivity index (χ4n) is 9.22. The van der Waals surface area contributed by atoms with Crippen LogP contribution >= 0.6 is 0 Å². The minimum Gasteiger partial charge on any atom is -0.444 e. The number of rotatable bonds is 9. The molecule has 4 aromatic heterocycles. The van der Waals surface area contributed by atoms with Gasteiger partial charge in [-0.2, -0.15) is 0 Å². The molecule has 6 N–H and O–H groups in total. The lowest BCUT2D eigenvalue weighted by Gasteiger charge is -2.54. The van der Waals surface area contributed by atoms with Gasteiger partial charge < -0.3 is 48.2 Å². The van der Waals surface area contributed by atoms with Gasteiger partial charge in [0.25, 0.3) is 0 Å². The van der Waals surface area contributed by atoms with Crippen molar-refractivity contribution in [2.24, 2.45) is 0 Å². The first-order valence-electron chi connectivity index (χ1n) is 22.3. The molecule has 69 heavy (non-hydrogen) atoms. The zero-order valence-electron chi connectivity index (χ0n) is 39.5. The first-order valence-corrected chi connectivity index (χ1v) is 24.1. The van der Waals surface area contributed by atoms with Crippen molar-refractivity contribution < 1.29 is 57.8 Å². The number of aliphatic hydroxyl groups is 4. The summed E-state index contributed by atoms with van der Waals surface area (Å²) in [5, 5.41) is 46.8. The molecule has 7 heterocycles. The largest absolute Gasteiger partial charge is 0.444 e. The summed E-state index contributed by atoms with van der Waals surface area (Å²) >= 11 is 0. The molecule has 9 rings (SSSR count). The van der Waals surface area contributed by atoms with E-state index < -0.39 is 75.4 Å². The molecule has 0 saturated carbocycles. The minimum absolute atomic E-state index is 0.0918. The smallest absolute Gasteiger partial charge is 0.413 e. The molecular weight excluding hydrogens is 913 g/mol. The number of fused-ring (bicyclic) bond motifs is 3. The van der Waals surface area contributed by atoms with Crippen molar-refractivity contribution in [1.82, 2.24) is 39.0 Å². The Kier molecular flexibility index (Phi) is 13.6. The Balaban J connectivity index is 0.000000192. The number of benzene rings is 2. The van der Waals surface area contributed by atoms with Crippen molar-refractivity contribution in [2.75, 3.05) is 23.8 Å². The molecule has 368 valence electrons. The van der Waals surface area contributed by atoms with Crippen LogP contribution in [0.3, 0.4) is 0 Å². The molecule has 0 spiro atoms. The Morgan fingerprint density at radius 3 is 1.62 bits per heavy atom.